The van der Waals surface area contributed by atoms with Gasteiger partial charge in [0, 0.05) is 28.5 Å². The molecule has 0 heterocycles. The number of hydrogen-bond donors (Lipinski definition) is 2. The molecule has 21 heavy (non-hydrogen) atoms. The number of nitro benzene ring substituents is 1. The minimum atomic E-state index is -0.446. The van der Waals surface area contributed by atoms with Gasteiger partial charge in [0.1, 0.15) is 0 Å². The molecule has 0 aliphatic carbocycles. The van der Waals surface area contributed by atoms with Gasteiger partial charge in [-0.15, -0.1) is 0 Å². The number of rotatable bonds is 3. The molecule has 108 valence electrons. The first-order valence-electron chi connectivity index (χ1n) is 6.04. The van der Waals surface area contributed by atoms with Gasteiger partial charge in [0.2, 0.25) is 0 Å². The zero-order chi connectivity index (χ0) is 15.4. The summed E-state index contributed by atoms with van der Waals surface area (Å²) < 4.78 is 0. The first-order chi connectivity index (χ1) is 9.95. The van der Waals surface area contributed by atoms with Crippen LogP contribution in [0.2, 0.25) is 5.02 Å². The zero-order valence-corrected chi connectivity index (χ0v) is 12.7. The third kappa shape index (κ3) is 4.14. The predicted molar refractivity (Wildman–Crippen MR) is 89.1 cm³/mol. The lowest BCUT2D eigenvalue weighted by Gasteiger charge is -2.12. The highest BCUT2D eigenvalue weighted by molar-refractivity contribution is 7.80. The summed E-state index contributed by atoms with van der Waals surface area (Å²) in [6, 6.07) is 11.7. The van der Waals surface area contributed by atoms with Crippen LogP contribution in [0.3, 0.4) is 0 Å². The number of nitro groups is 1. The summed E-state index contributed by atoms with van der Waals surface area (Å²) in [6.45, 7) is 1.84. The molecule has 0 unspecified atom stereocenters. The molecule has 0 spiro atoms. The molecular weight excluding hydrogens is 310 g/mol. The van der Waals surface area contributed by atoms with E-state index in [-0.39, 0.29) is 5.69 Å². The lowest BCUT2D eigenvalue weighted by molar-refractivity contribution is -0.384. The quantitative estimate of drug-likeness (QED) is 0.499. The smallest absolute Gasteiger partial charge is 0.271 e. The Labute approximate surface area is 132 Å². The van der Waals surface area contributed by atoms with Crippen LogP contribution in [0.5, 0.6) is 0 Å². The van der Waals surface area contributed by atoms with E-state index in [9.17, 15) is 10.1 Å². The van der Waals surface area contributed by atoms with Gasteiger partial charge >= 0.3 is 0 Å². The van der Waals surface area contributed by atoms with Gasteiger partial charge in [-0.1, -0.05) is 23.7 Å². The number of nitrogens with zero attached hydrogens (tertiary/aromatic N) is 1. The molecule has 0 aliphatic heterocycles. The zero-order valence-electron chi connectivity index (χ0n) is 11.1. The number of thiocarbonyl (C=S) groups is 1. The van der Waals surface area contributed by atoms with Crippen LogP contribution in [0, 0.1) is 17.0 Å². The molecule has 0 fully saturated rings. The van der Waals surface area contributed by atoms with E-state index in [1.54, 1.807) is 24.3 Å². The molecule has 2 aromatic rings. The van der Waals surface area contributed by atoms with Crippen molar-refractivity contribution in [3.8, 4) is 0 Å². The van der Waals surface area contributed by atoms with Crippen molar-refractivity contribution in [3.63, 3.8) is 0 Å². The Morgan fingerprint density at radius 1 is 1.24 bits per heavy atom. The lowest BCUT2D eigenvalue weighted by atomic mass is 10.2. The molecule has 0 amide bonds. The molecule has 0 radical (unpaired) electrons. The van der Waals surface area contributed by atoms with Gasteiger partial charge in [-0.05, 0) is 42.9 Å². The third-order valence-corrected chi connectivity index (χ3v) is 3.20. The second-order valence-corrected chi connectivity index (χ2v) is 5.19. The van der Waals surface area contributed by atoms with Gasteiger partial charge < -0.3 is 10.6 Å². The maximum Gasteiger partial charge on any atom is 0.271 e. The largest absolute Gasteiger partial charge is 0.332 e. The average molecular weight is 322 g/mol. The van der Waals surface area contributed by atoms with Crippen molar-refractivity contribution in [3.05, 3.63) is 63.2 Å². The van der Waals surface area contributed by atoms with E-state index in [0.717, 1.165) is 11.3 Å². The van der Waals surface area contributed by atoms with E-state index >= 15 is 0 Å². The fourth-order valence-corrected chi connectivity index (χ4v) is 2.13. The van der Waals surface area contributed by atoms with Gasteiger partial charge in [0.05, 0.1) is 4.92 Å². The molecule has 7 heteroatoms. The second kappa shape index (κ2) is 6.51. The number of anilines is 2. The number of hydrogen-bond acceptors (Lipinski definition) is 3. The second-order valence-electron chi connectivity index (χ2n) is 4.35. The highest BCUT2D eigenvalue weighted by Gasteiger charge is 2.09. The van der Waals surface area contributed by atoms with Crippen LogP contribution >= 0.6 is 23.8 Å². The molecule has 5 nitrogen and oxygen atoms in total. The van der Waals surface area contributed by atoms with Crippen LogP contribution in [-0.4, -0.2) is 10.0 Å². The topological polar surface area (TPSA) is 67.2 Å². The number of non-ortho nitro benzene ring substituents is 1. The molecule has 2 N–H and O–H groups in total. The fourth-order valence-electron chi connectivity index (χ4n) is 1.71. The Hall–Kier alpha value is -2.18. The van der Waals surface area contributed by atoms with E-state index in [0.29, 0.717) is 15.8 Å². The lowest BCUT2D eigenvalue weighted by Crippen LogP contribution is -2.19. The van der Waals surface area contributed by atoms with Crippen LogP contribution in [0.4, 0.5) is 17.1 Å². The van der Waals surface area contributed by atoms with E-state index in [1.165, 1.54) is 12.1 Å². The standard InChI is InChI=1S/C14H12ClN3O2S/c1-9-5-6-12(18(19)20)8-13(9)17-14(21)16-11-4-2-3-10(15)7-11/h2-8H,1H3,(H2,16,17,21). The van der Waals surface area contributed by atoms with Crippen LogP contribution < -0.4 is 10.6 Å². The van der Waals surface area contributed by atoms with Crippen molar-refractivity contribution in [1.82, 2.24) is 0 Å². The summed E-state index contributed by atoms with van der Waals surface area (Å²) in [7, 11) is 0. The van der Waals surface area contributed by atoms with Gasteiger partial charge in [-0.2, -0.15) is 0 Å². The number of nitrogens with one attached hydrogen (secondary N) is 2. The molecular formula is C14H12ClN3O2S. The van der Waals surface area contributed by atoms with Crippen LogP contribution in [0.25, 0.3) is 0 Å². The molecule has 0 aromatic heterocycles. The van der Waals surface area contributed by atoms with Crippen LogP contribution in [-0.2, 0) is 0 Å². The van der Waals surface area contributed by atoms with Crippen molar-refractivity contribution in [2.24, 2.45) is 0 Å². The first kappa shape index (κ1) is 15.2. The minimum absolute atomic E-state index is 0.00801. The van der Waals surface area contributed by atoms with E-state index in [4.69, 9.17) is 23.8 Å². The molecule has 0 saturated carbocycles. The Balaban J connectivity index is 2.12. The van der Waals surface area contributed by atoms with Crippen LogP contribution in [0.15, 0.2) is 42.5 Å². The third-order valence-electron chi connectivity index (χ3n) is 2.76. The maximum atomic E-state index is 10.8. The minimum Gasteiger partial charge on any atom is -0.332 e. The Morgan fingerprint density at radius 2 is 2.00 bits per heavy atom. The van der Waals surface area contributed by atoms with Crippen molar-refractivity contribution in [1.29, 1.82) is 0 Å². The Bertz CT molecular complexity index is 706. The number of halogens is 1. The highest BCUT2D eigenvalue weighted by atomic mass is 35.5. The van der Waals surface area contributed by atoms with Gasteiger partial charge in [-0.25, -0.2) is 0 Å². The summed E-state index contributed by atoms with van der Waals surface area (Å²) in [5.74, 6) is 0. The summed E-state index contributed by atoms with van der Waals surface area (Å²) in [5.41, 5.74) is 2.19. The fraction of sp³-hybridized carbons (Fsp3) is 0.0714. The van der Waals surface area contributed by atoms with Crippen molar-refractivity contribution >= 4 is 46.0 Å². The van der Waals surface area contributed by atoms with E-state index in [1.807, 2.05) is 13.0 Å². The van der Waals surface area contributed by atoms with E-state index < -0.39 is 4.92 Å². The van der Waals surface area contributed by atoms with Gasteiger partial charge in [0.25, 0.3) is 5.69 Å². The van der Waals surface area contributed by atoms with Crippen molar-refractivity contribution < 1.29 is 4.92 Å². The van der Waals surface area contributed by atoms with Crippen molar-refractivity contribution in [2.45, 2.75) is 6.92 Å². The Kier molecular flexibility index (Phi) is 4.72. The Morgan fingerprint density at radius 3 is 2.67 bits per heavy atom. The highest BCUT2D eigenvalue weighted by Crippen LogP contribution is 2.22. The summed E-state index contributed by atoms with van der Waals surface area (Å²) in [6.07, 6.45) is 0. The number of aryl methyl sites for hydroxylation is 1. The molecule has 2 aromatic carbocycles. The first-order valence-corrected chi connectivity index (χ1v) is 6.83. The molecule has 0 bridgehead atoms. The monoisotopic (exact) mass is 321 g/mol. The molecule has 0 aliphatic rings. The number of benzene rings is 2. The molecule has 0 atom stereocenters. The predicted octanol–water partition coefficient (Wildman–Crippen LogP) is 4.37. The average Bonchev–Trinajstić information content (AvgIpc) is 2.41. The summed E-state index contributed by atoms with van der Waals surface area (Å²) in [4.78, 5) is 10.3. The summed E-state index contributed by atoms with van der Waals surface area (Å²) in [5, 5.41) is 17.6. The van der Waals surface area contributed by atoms with Crippen LogP contribution in [0.1, 0.15) is 5.56 Å². The van der Waals surface area contributed by atoms with Gasteiger partial charge in [-0.3, -0.25) is 10.1 Å². The van der Waals surface area contributed by atoms with E-state index in [2.05, 4.69) is 10.6 Å². The molecule has 0 saturated heterocycles. The SMILES string of the molecule is Cc1ccc([N+](=O)[O-])cc1NC(=S)Nc1cccc(Cl)c1. The maximum absolute atomic E-state index is 10.8. The van der Waals surface area contributed by atoms with Crippen molar-refractivity contribution in [2.75, 3.05) is 10.6 Å². The summed E-state index contributed by atoms with van der Waals surface area (Å²) >= 11 is 11.1. The molecule has 2 rings (SSSR count). The van der Waals surface area contributed by atoms with Gasteiger partial charge in [0.15, 0.2) is 5.11 Å². The normalized spacial score (nSPS) is 10.0.